The molecular weight excluding hydrogens is 214 g/mol. The third-order valence-electron chi connectivity index (χ3n) is 2.89. The summed E-state index contributed by atoms with van der Waals surface area (Å²) in [7, 11) is 1.95. The molecule has 0 radical (unpaired) electrons. The molecule has 0 aliphatic rings. The van der Waals surface area contributed by atoms with Crippen LogP contribution in [0.1, 0.15) is 24.4 Å². The zero-order valence-electron chi connectivity index (χ0n) is 10.2. The molecule has 1 atom stereocenters. The van der Waals surface area contributed by atoms with Gasteiger partial charge in [0.05, 0.1) is 6.20 Å². The van der Waals surface area contributed by atoms with Gasteiger partial charge in [0.25, 0.3) is 0 Å². The fraction of sp³-hybridized carbons (Fsp3) is 0.417. The van der Waals surface area contributed by atoms with E-state index >= 15 is 0 Å². The van der Waals surface area contributed by atoms with Gasteiger partial charge in [0.2, 0.25) is 0 Å². The molecule has 0 fully saturated rings. The highest BCUT2D eigenvalue weighted by molar-refractivity contribution is 5.13. The summed E-state index contributed by atoms with van der Waals surface area (Å²) in [6.45, 7) is 3.06. The Labute approximate surface area is 101 Å². The quantitative estimate of drug-likeness (QED) is 0.840. The molecule has 0 amide bonds. The molecule has 0 saturated carbocycles. The monoisotopic (exact) mass is 231 g/mol. The van der Waals surface area contributed by atoms with Gasteiger partial charge in [-0.2, -0.15) is 10.2 Å². The largest absolute Gasteiger partial charge is 0.335 e. The van der Waals surface area contributed by atoms with E-state index < -0.39 is 0 Å². The van der Waals surface area contributed by atoms with Crippen LogP contribution in [0.2, 0.25) is 0 Å². The molecule has 1 unspecified atom stereocenters. The summed E-state index contributed by atoms with van der Waals surface area (Å²) >= 11 is 0. The van der Waals surface area contributed by atoms with Crippen molar-refractivity contribution in [1.82, 2.24) is 25.1 Å². The minimum Gasteiger partial charge on any atom is -0.335 e. The van der Waals surface area contributed by atoms with Gasteiger partial charge in [-0.15, -0.1) is 0 Å². The van der Waals surface area contributed by atoms with Crippen molar-refractivity contribution in [1.29, 1.82) is 0 Å². The van der Waals surface area contributed by atoms with E-state index in [0.29, 0.717) is 0 Å². The lowest BCUT2D eigenvalue weighted by atomic mass is 10.1. The summed E-state index contributed by atoms with van der Waals surface area (Å²) in [4.78, 5) is 4.39. The number of rotatable bonds is 5. The Morgan fingerprint density at radius 2 is 2.24 bits per heavy atom. The molecule has 2 rings (SSSR count). The van der Waals surface area contributed by atoms with E-state index in [1.165, 1.54) is 0 Å². The van der Waals surface area contributed by atoms with Crippen LogP contribution in [0.3, 0.4) is 0 Å². The average Bonchev–Trinajstić information content (AvgIpc) is 2.84. The third-order valence-corrected chi connectivity index (χ3v) is 2.89. The lowest BCUT2D eigenvalue weighted by molar-refractivity contribution is 0.550. The Morgan fingerprint density at radius 3 is 2.88 bits per heavy atom. The smallest absolute Gasteiger partial charge is 0.110 e. The zero-order valence-corrected chi connectivity index (χ0v) is 10.2. The van der Waals surface area contributed by atoms with Gasteiger partial charge in [-0.25, -0.2) is 4.98 Å². The van der Waals surface area contributed by atoms with Gasteiger partial charge >= 0.3 is 0 Å². The standard InChI is InChI=1S/C12H17N5/c1-3-17-7-6-14-12(17)8-11(13-2)10-4-5-15-16-9-10/h4-7,9,11,13H,3,8H2,1-2H3. The third kappa shape index (κ3) is 2.68. The van der Waals surface area contributed by atoms with Gasteiger partial charge in [0.1, 0.15) is 5.82 Å². The molecule has 0 aliphatic carbocycles. The van der Waals surface area contributed by atoms with E-state index in [9.17, 15) is 0 Å². The van der Waals surface area contributed by atoms with E-state index in [-0.39, 0.29) is 6.04 Å². The summed E-state index contributed by atoms with van der Waals surface area (Å²) in [5.41, 5.74) is 1.13. The molecule has 0 bridgehead atoms. The second-order valence-corrected chi connectivity index (χ2v) is 3.85. The minimum atomic E-state index is 0.221. The van der Waals surface area contributed by atoms with Gasteiger partial charge in [-0.3, -0.25) is 0 Å². The number of imidazole rings is 1. The van der Waals surface area contributed by atoms with Crippen molar-refractivity contribution in [2.24, 2.45) is 0 Å². The highest BCUT2D eigenvalue weighted by atomic mass is 15.1. The van der Waals surface area contributed by atoms with Crippen LogP contribution in [0.4, 0.5) is 0 Å². The molecule has 5 heteroatoms. The van der Waals surface area contributed by atoms with Crippen LogP contribution in [-0.4, -0.2) is 26.8 Å². The highest BCUT2D eigenvalue weighted by Gasteiger charge is 2.13. The van der Waals surface area contributed by atoms with Crippen molar-refractivity contribution in [3.8, 4) is 0 Å². The van der Waals surface area contributed by atoms with E-state index in [2.05, 4.69) is 32.0 Å². The Kier molecular flexibility index (Phi) is 3.82. The first-order chi connectivity index (χ1) is 8.35. The second kappa shape index (κ2) is 5.54. The number of aryl methyl sites for hydroxylation is 1. The van der Waals surface area contributed by atoms with Crippen molar-refractivity contribution in [3.63, 3.8) is 0 Å². The van der Waals surface area contributed by atoms with E-state index in [1.54, 1.807) is 12.4 Å². The van der Waals surface area contributed by atoms with Gasteiger partial charge in [0, 0.05) is 37.6 Å². The van der Waals surface area contributed by atoms with Crippen molar-refractivity contribution in [2.75, 3.05) is 7.05 Å². The Bertz CT molecular complexity index is 451. The molecule has 0 saturated heterocycles. The van der Waals surface area contributed by atoms with Gasteiger partial charge in [0.15, 0.2) is 0 Å². The predicted molar refractivity (Wildman–Crippen MR) is 65.4 cm³/mol. The van der Waals surface area contributed by atoms with Gasteiger partial charge < -0.3 is 9.88 Å². The molecule has 2 aromatic rings. The number of likely N-dealkylation sites (N-methyl/N-ethyl adjacent to an activating group) is 1. The Morgan fingerprint density at radius 1 is 1.35 bits per heavy atom. The SMILES string of the molecule is CCn1ccnc1CC(NC)c1ccnnc1. The summed E-state index contributed by atoms with van der Waals surface area (Å²) in [5, 5.41) is 11.0. The molecule has 17 heavy (non-hydrogen) atoms. The molecule has 2 aromatic heterocycles. The van der Waals surface area contributed by atoms with Crippen LogP contribution >= 0.6 is 0 Å². The number of aromatic nitrogens is 4. The number of nitrogens with one attached hydrogen (secondary N) is 1. The summed E-state index contributed by atoms with van der Waals surface area (Å²) in [5.74, 6) is 1.09. The first kappa shape index (κ1) is 11.7. The summed E-state index contributed by atoms with van der Waals surface area (Å²) in [6, 6.07) is 2.20. The van der Waals surface area contributed by atoms with Crippen molar-refractivity contribution >= 4 is 0 Å². The van der Waals surface area contributed by atoms with E-state index in [1.807, 2.05) is 25.5 Å². The van der Waals surface area contributed by atoms with Crippen molar-refractivity contribution in [2.45, 2.75) is 25.9 Å². The van der Waals surface area contributed by atoms with Crippen LogP contribution in [0, 0.1) is 0 Å². The Balaban J connectivity index is 2.16. The first-order valence-corrected chi connectivity index (χ1v) is 5.79. The summed E-state index contributed by atoms with van der Waals surface area (Å²) in [6.07, 6.45) is 8.21. The predicted octanol–water partition coefficient (Wildman–Crippen LogP) is 1.20. The lowest BCUT2D eigenvalue weighted by Crippen LogP contribution is -2.21. The maximum Gasteiger partial charge on any atom is 0.110 e. The van der Waals surface area contributed by atoms with E-state index in [4.69, 9.17) is 0 Å². The number of hydrogen-bond acceptors (Lipinski definition) is 4. The minimum absolute atomic E-state index is 0.221. The number of nitrogens with zero attached hydrogens (tertiary/aromatic N) is 4. The molecule has 1 N–H and O–H groups in total. The molecular formula is C12H17N5. The normalized spacial score (nSPS) is 12.6. The van der Waals surface area contributed by atoms with Crippen molar-refractivity contribution < 1.29 is 0 Å². The highest BCUT2D eigenvalue weighted by Crippen LogP contribution is 2.15. The molecule has 90 valence electrons. The number of hydrogen-bond donors (Lipinski definition) is 1. The van der Waals surface area contributed by atoms with E-state index in [0.717, 1.165) is 24.4 Å². The van der Waals surface area contributed by atoms with Crippen LogP contribution in [0.15, 0.2) is 30.9 Å². The molecule has 0 aliphatic heterocycles. The molecule has 2 heterocycles. The second-order valence-electron chi connectivity index (χ2n) is 3.85. The van der Waals surface area contributed by atoms with Crippen LogP contribution < -0.4 is 5.32 Å². The average molecular weight is 231 g/mol. The van der Waals surface area contributed by atoms with Crippen LogP contribution in [0.25, 0.3) is 0 Å². The zero-order chi connectivity index (χ0) is 12.1. The van der Waals surface area contributed by atoms with Crippen molar-refractivity contribution in [3.05, 3.63) is 42.2 Å². The molecule has 0 aromatic carbocycles. The fourth-order valence-corrected chi connectivity index (χ4v) is 1.89. The maximum absolute atomic E-state index is 4.39. The molecule has 5 nitrogen and oxygen atoms in total. The van der Waals surface area contributed by atoms with Gasteiger partial charge in [-0.1, -0.05) is 0 Å². The lowest BCUT2D eigenvalue weighted by Gasteiger charge is -2.16. The maximum atomic E-state index is 4.39. The summed E-state index contributed by atoms with van der Waals surface area (Å²) < 4.78 is 2.15. The van der Waals surface area contributed by atoms with Crippen LogP contribution in [0.5, 0.6) is 0 Å². The first-order valence-electron chi connectivity index (χ1n) is 5.79. The Hall–Kier alpha value is -1.75. The van der Waals surface area contributed by atoms with Crippen LogP contribution in [-0.2, 0) is 13.0 Å². The van der Waals surface area contributed by atoms with Gasteiger partial charge in [-0.05, 0) is 25.6 Å². The topological polar surface area (TPSA) is 55.6 Å². The fourth-order valence-electron chi connectivity index (χ4n) is 1.89. The molecule has 0 spiro atoms.